The monoisotopic (exact) mass is 1010 g/mol. The number of fused-ring (bicyclic) bond motifs is 1. The van der Waals surface area contributed by atoms with Crippen LogP contribution in [0.15, 0.2) is 60.7 Å². The predicted molar refractivity (Wildman–Crippen MR) is 263 cm³/mol. The average Bonchev–Trinajstić information content (AvgIpc) is 3.64. The summed E-state index contributed by atoms with van der Waals surface area (Å²) in [6.45, 7) is 5.65. The number of nitrogens with one attached hydrogen (secondary N) is 4. The van der Waals surface area contributed by atoms with E-state index in [4.69, 9.17) is 18.9 Å². The number of amides is 8. The topological polar surface area (TPSA) is 262 Å². The number of nitrogens with zero attached hydrogens (tertiary/aromatic N) is 2. The molecule has 3 heterocycles. The molecule has 0 bridgehead atoms. The lowest BCUT2D eigenvalue weighted by molar-refractivity contribution is -0.164. The molecule has 8 amide bonds. The van der Waals surface area contributed by atoms with Crippen LogP contribution in [0.3, 0.4) is 0 Å². The zero-order chi connectivity index (χ0) is 52.8. The molecule has 73 heavy (non-hydrogen) atoms. The van der Waals surface area contributed by atoms with Crippen molar-refractivity contribution in [3.63, 3.8) is 0 Å². The summed E-state index contributed by atoms with van der Waals surface area (Å²) in [5, 5.41) is 10.4. The van der Waals surface area contributed by atoms with Gasteiger partial charge in [-0.2, -0.15) is 0 Å². The van der Waals surface area contributed by atoms with Gasteiger partial charge in [-0.1, -0.05) is 45.0 Å². The highest BCUT2D eigenvalue weighted by atomic mass is 16.5. The van der Waals surface area contributed by atoms with Gasteiger partial charge in [0.25, 0.3) is 23.6 Å². The van der Waals surface area contributed by atoms with E-state index in [-0.39, 0.29) is 61.6 Å². The van der Waals surface area contributed by atoms with Crippen molar-refractivity contribution in [2.75, 3.05) is 45.8 Å². The second kappa shape index (κ2) is 25.1. The number of benzene rings is 3. The third kappa shape index (κ3) is 13.9. The number of carbonyl (C=O) groups is 10. The molecule has 3 aliphatic rings. The largest absolute Gasteiger partial charge is 0.493 e. The van der Waals surface area contributed by atoms with Gasteiger partial charge in [0.1, 0.15) is 23.9 Å². The molecule has 0 radical (unpaired) electrons. The van der Waals surface area contributed by atoms with Crippen LogP contribution in [0.1, 0.15) is 129 Å². The molecule has 0 spiro atoms. The van der Waals surface area contributed by atoms with E-state index in [2.05, 4.69) is 21.3 Å². The van der Waals surface area contributed by atoms with Gasteiger partial charge in [0, 0.05) is 50.0 Å². The number of carbonyl (C=O) groups excluding carboxylic acids is 10. The number of rotatable bonds is 24. The standard InChI is InChI=1S/C53H64N6O14/c1-6-53(2,3)47(64)51(68)58-29-10-7-13-37(58)52(69)73-38(22-15-32-16-23-39(70-4)41(30-32)71-5)33-17-19-34(20-18-33)56-43(61)26-25-42(60)54-27-8-9-28-55-45(63)31-72-40-14-11-12-35-46(40)50(67)59(49(35)66)36-21-24-44(62)57-48(36)65/h11-12,14,16-20,23,30,36-38H,6-10,13,15,21-22,24-29,31H2,1-5H3,(H,54,60)(H,55,63)(H,56,61)(H,57,62,65)/t36?,37?,38-/m1/s1. The lowest BCUT2D eigenvalue weighted by atomic mass is 9.84. The molecule has 0 saturated carbocycles. The molecule has 3 atom stereocenters. The summed E-state index contributed by atoms with van der Waals surface area (Å²) in [5.74, 6) is -4.59. The van der Waals surface area contributed by atoms with Crippen molar-refractivity contribution in [3.05, 3.63) is 82.9 Å². The number of esters is 1. The number of methoxy groups -OCH3 is 2. The summed E-state index contributed by atoms with van der Waals surface area (Å²) in [7, 11) is 3.09. The van der Waals surface area contributed by atoms with Crippen LogP contribution in [-0.2, 0) is 49.5 Å². The SMILES string of the molecule is CCC(C)(C)C(=O)C(=O)N1CCCCC1C(=O)O[C@H](CCc1ccc(OC)c(OC)c1)c1ccc(NC(=O)CCC(=O)NCCCCNC(=O)COc2cccc3c2C(=O)N(C2CCC(=O)NC2=O)C3=O)cc1. The number of piperidine rings is 2. The number of ether oxygens (including phenoxy) is 4. The molecular formula is C53H64N6O14. The number of likely N-dealkylation sites (tertiary alicyclic amines) is 1. The van der Waals surface area contributed by atoms with Gasteiger partial charge in [-0.3, -0.25) is 53.4 Å². The third-order valence-corrected chi connectivity index (χ3v) is 13.3. The number of hydrogen-bond donors (Lipinski definition) is 4. The summed E-state index contributed by atoms with van der Waals surface area (Å²) < 4.78 is 22.7. The van der Waals surface area contributed by atoms with Gasteiger partial charge in [0.15, 0.2) is 18.1 Å². The maximum absolute atomic E-state index is 14.0. The number of anilines is 1. The van der Waals surface area contributed by atoms with Crippen LogP contribution in [0.25, 0.3) is 0 Å². The average molecular weight is 1010 g/mol. The zero-order valence-corrected chi connectivity index (χ0v) is 41.9. The number of imide groups is 2. The molecule has 20 heteroatoms. The molecule has 0 aliphatic carbocycles. The Labute approximate surface area is 423 Å². The lowest BCUT2D eigenvalue weighted by Crippen LogP contribution is -2.54. The van der Waals surface area contributed by atoms with Crippen LogP contribution in [0.4, 0.5) is 5.69 Å². The zero-order valence-electron chi connectivity index (χ0n) is 41.9. The first-order valence-corrected chi connectivity index (χ1v) is 24.6. The minimum Gasteiger partial charge on any atom is -0.493 e. The number of unbranched alkanes of at least 4 members (excludes halogenated alkanes) is 1. The van der Waals surface area contributed by atoms with E-state index in [0.717, 1.165) is 10.5 Å². The quantitative estimate of drug-likeness (QED) is 0.0417. The number of ketones is 1. The molecule has 20 nitrogen and oxygen atoms in total. The molecule has 3 aliphatic heterocycles. The highest BCUT2D eigenvalue weighted by molar-refractivity contribution is 6.38. The first kappa shape index (κ1) is 54.7. The van der Waals surface area contributed by atoms with Crippen LogP contribution >= 0.6 is 0 Å². The van der Waals surface area contributed by atoms with Crippen LogP contribution in [0.2, 0.25) is 0 Å². The fraction of sp³-hybridized carbons (Fsp3) is 0.472. The fourth-order valence-corrected chi connectivity index (χ4v) is 8.67. The normalized spacial score (nSPS) is 16.9. The van der Waals surface area contributed by atoms with Crippen molar-refractivity contribution in [1.82, 2.24) is 25.8 Å². The number of aryl methyl sites for hydroxylation is 1. The van der Waals surface area contributed by atoms with Crippen LogP contribution in [0.5, 0.6) is 17.2 Å². The molecule has 3 aromatic rings. The molecule has 2 saturated heterocycles. The lowest BCUT2D eigenvalue weighted by Gasteiger charge is -2.36. The van der Waals surface area contributed by atoms with Crippen LogP contribution in [-0.4, -0.2) is 121 Å². The minimum absolute atomic E-state index is 0.00247. The van der Waals surface area contributed by atoms with Gasteiger partial charge >= 0.3 is 5.97 Å². The Bertz CT molecular complexity index is 2600. The van der Waals surface area contributed by atoms with E-state index in [1.807, 2.05) is 19.1 Å². The third-order valence-electron chi connectivity index (χ3n) is 13.3. The Morgan fingerprint density at radius 3 is 2.18 bits per heavy atom. The molecule has 3 aromatic carbocycles. The molecule has 0 aromatic heterocycles. The van der Waals surface area contributed by atoms with Gasteiger partial charge in [-0.15, -0.1) is 0 Å². The van der Waals surface area contributed by atoms with Crippen LogP contribution in [0, 0.1) is 5.41 Å². The summed E-state index contributed by atoms with van der Waals surface area (Å²) in [6, 6.07) is 14.7. The molecule has 4 N–H and O–H groups in total. The van der Waals surface area contributed by atoms with Crippen molar-refractivity contribution >= 4 is 64.7 Å². The predicted octanol–water partition coefficient (Wildman–Crippen LogP) is 4.52. The summed E-state index contributed by atoms with van der Waals surface area (Å²) >= 11 is 0. The Morgan fingerprint density at radius 2 is 1.49 bits per heavy atom. The van der Waals surface area contributed by atoms with Crippen molar-refractivity contribution < 1.29 is 66.9 Å². The number of Topliss-reactive ketones (excluding diaryl/α,β-unsaturated/α-hetero) is 1. The fourth-order valence-electron chi connectivity index (χ4n) is 8.67. The second-order valence-electron chi connectivity index (χ2n) is 18.7. The molecular weight excluding hydrogens is 945 g/mol. The Hall–Kier alpha value is -7.64. The van der Waals surface area contributed by atoms with Gasteiger partial charge < -0.3 is 39.8 Å². The number of hydrogen-bond acceptors (Lipinski definition) is 14. The first-order chi connectivity index (χ1) is 35.0. The van der Waals surface area contributed by atoms with E-state index in [0.29, 0.717) is 80.7 Å². The Kier molecular flexibility index (Phi) is 18.8. The highest BCUT2D eigenvalue weighted by Gasteiger charge is 2.46. The van der Waals surface area contributed by atoms with Crippen molar-refractivity contribution in [1.29, 1.82) is 0 Å². The van der Waals surface area contributed by atoms with E-state index >= 15 is 0 Å². The van der Waals surface area contributed by atoms with E-state index in [1.54, 1.807) is 58.4 Å². The maximum Gasteiger partial charge on any atom is 0.329 e. The summed E-state index contributed by atoms with van der Waals surface area (Å²) in [5.41, 5.74) is 1.09. The van der Waals surface area contributed by atoms with Crippen molar-refractivity contribution in [3.8, 4) is 17.2 Å². The second-order valence-corrected chi connectivity index (χ2v) is 18.7. The molecule has 2 unspecified atom stereocenters. The van der Waals surface area contributed by atoms with Crippen LogP contribution < -0.4 is 35.5 Å². The molecule has 390 valence electrons. The van der Waals surface area contributed by atoms with Crippen molar-refractivity contribution in [2.45, 2.75) is 116 Å². The minimum atomic E-state index is -1.14. The maximum atomic E-state index is 14.0. The summed E-state index contributed by atoms with van der Waals surface area (Å²) in [4.78, 5) is 131. The van der Waals surface area contributed by atoms with E-state index < -0.39 is 83.3 Å². The van der Waals surface area contributed by atoms with Gasteiger partial charge in [0.05, 0.1) is 25.3 Å². The molecule has 6 rings (SSSR count). The molecule has 2 fully saturated rings. The first-order valence-electron chi connectivity index (χ1n) is 24.6. The van der Waals surface area contributed by atoms with Gasteiger partial charge in [-0.05, 0) is 105 Å². The van der Waals surface area contributed by atoms with E-state index in [9.17, 15) is 47.9 Å². The Morgan fingerprint density at radius 1 is 0.795 bits per heavy atom. The van der Waals surface area contributed by atoms with E-state index in [1.165, 1.54) is 23.1 Å². The summed E-state index contributed by atoms with van der Waals surface area (Å²) in [6.07, 6.45) is 3.10. The Balaban J connectivity index is 0.937. The smallest absolute Gasteiger partial charge is 0.329 e. The van der Waals surface area contributed by atoms with Gasteiger partial charge in [-0.25, -0.2) is 4.79 Å². The van der Waals surface area contributed by atoms with Gasteiger partial charge in [0.2, 0.25) is 29.4 Å². The highest BCUT2D eigenvalue weighted by Crippen LogP contribution is 2.35. The van der Waals surface area contributed by atoms with Crippen molar-refractivity contribution in [2.24, 2.45) is 5.41 Å².